The highest BCUT2D eigenvalue weighted by atomic mass is 32.2. The van der Waals surface area contributed by atoms with Gasteiger partial charge in [-0.2, -0.15) is 0 Å². The lowest BCUT2D eigenvalue weighted by atomic mass is 10.2. The Hall–Kier alpha value is -2.87. The number of hydrogen-bond donors (Lipinski definition) is 3. The van der Waals surface area contributed by atoms with E-state index in [-0.39, 0.29) is 22.1 Å². The third-order valence-corrected chi connectivity index (χ3v) is 4.56. The van der Waals surface area contributed by atoms with Crippen LogP contribution in [0.4, 0.5) is 5.69 Å². The molecule has 2 aromatic rings. The largest absolute Gasteiger partial charge is 0.478 e. The van der Waals surface area contributed by atoms with Gasteiger partial charge in [0.05, 0.1) is 10.5 Å². The Balaban J connectivity index is 2.12. The molecular formula is C16H16N2O5S. The Morgan fingerprint density at radius 2 is 1.58 bits per heavy atom. The van der Waals surface area contributed by atoms with Crippen LogP contribution >= 0.6 is 0 Å². The van der Waals surface area contributed by atoms with Crippen molar-refractivity contribution in [3.8, 4) is 0 Å². The quantitative estimate of drug-likeness (QED) is 0.737. The molecule has 0 fully saturated rings. The minimum Gasteiger partial charge on any atom is -0.478 e. The van der Waals surface area contributed by atoms with Gasteiger partial charge in [-0.05, 0) is 42.0 Å². The van der Waals surface area contributed by atoms with Crippen LogP contribution in [0.3, 0.4) is 0 Å². The van der Waals surface area contributed by atoms with Gasteiger partial charge >= 0.3 is 5.97 Å². The van der Waals surface area contributed by atoms with Gasteiger partial charge in [-0.15, -0.1) is 0 Å². The third kappa shape index (κ3) is 4.56. The molecule has 0 aliphatic heterocycles. The number of benzene rings is 2. The molecule has 0 saturated heterocycles. The van der Waals surface area contributed by atoms with Crippen LogP contribution in [0.25, 0.3) is 0 Å². The Morgan fingerprint density at radius 3 is 2.08 bits per heavy atom. The molecule has 0 aliphatic rings. The summed E-state index contributed by atoms with van der Waals surface area (Å²) >= 11 is 0. The van der Waals surface area contributed by atoms with E-state index in [1.807, 2.05) is 0 Å². The summed E-state index contributed by atoms with van der Waals surface area (Å²) < 4.78 is 27.0. The van der Waals surface area contributed by atoms with Gasteiger partial charge in [-0.25, -0.2) is 13.2 Å². The van der Waals surface area contributed by atoms with Crippen molar-refractivity contribution in [2.24, 2.45) is 0 Å². The molecule has 126 valence electrons. The van der Waals surface area contributed by atoms with Gasteiger partial charge in [0.25, 0.3) is 10.0 Å². The average Bonchev–Trinajstić information content (AvgIpc) is 2.53. The van der Waals surface area contributed by atoms with Crippen LogP contribution in [0.1, 0.15) is 22.8 Å². The fourth-order valence-electron chi connectivity index (χ4n) is 1.91. The van der Waals surface area contributed by atoms with Crippen molar-refractivity contribution < 1.29 is 23.1 Å². The van der Waals surface area contributed by atoms with E-state index < -0.39 is 16.0 Å². The topological polar surface area (TPSA) is 113 Å². The number of amides is 1. The molecule has 0 unspecified atom stereocenters. The van der Waals surface area contributed by atoms with Crippen LogP contribution in [0.2, 0.25) is 0 Å². The maximum Gasteiger partial charge on any atom is 0.335 e. The van der Waals surface area contributed by atoms with Crippen LogP contribution in [0, 0.1) is 0 Å². The fourth-order valence-corrected chi connectivity index (χ4v) is 2.97. The van der Waals surface area contributed by atoms with Crippen molar-refractivity contribution in [2.75, 3.05) is 4.72 Å². The van der Waals surface area contributed by atoms with E-state index in [1.165, 1.54) is 43.3 Å². The first-order valence-corrected chi connectivity index (χ1v) is 8.46. The molecule has 24 heavy (non-hydrogen) atoms. The monoisotopic (exact) mass is 348 g/mol. The predicted octanol–water partition coefficient (Wildman–Crippen LogP) is 1.82. The van der Waals surface area contributed by atoms with Crippen LogP contribution < -0.4 is 10.0 Å². The lowest BCUT2D eigenvalue weighted by Crippen LogP contribution is -2.19. The van der Waals surface area contributed by atoms with Gasteiger partial charge < -0.3 is 10.4 Å². The molecule has 2 rings (SSSR count). The summed E-state index contributed by atoms with van der Waals surface area (Å²) in [4.78, 5) is 21.7. The van der Waals surface area contributed by atoms with E-state index in [1.54, 1.807) is 12.1 Å². The number of sulfonamides is 1. The molecule has 1 amide bonds. The van der Waals surface area contributed by atoms with Gasteiger partial charge in [0.1, 0.15) is 0 Å². The highest BCUT2D eigenvalue weighted by molar-refractivity contribution is 7.92. The Labute approximate surface area is 139 Å². The molecule has 8 heteroatoms. The number of anilines is 1. The second kappa shape index (κ2) is 7.14. The summed E-state index contributed by atoms with van der Waals surface area (Å²) in [5.41, 5.74) is 1.11. The predicted molar refractivity (Wildman–Crippen MR) is 88.2 cm³/mol. The number of aromatic carboxylic acids is 1. The molecule has 0 radical (unpaired) electrons. The molecule has 0 heterocycles. The van der Waals surface area contributed by atoms with Crippen LogP contribution in [-0.4, -0.2) is 25.4 Å². The Kier molecular flexibility index (Phi) is 5.20. The van der Waals surface area contributed by atoms with E-state index in [4.69, 9.17) is 5.11 Å². The summed E-state index contributed by atoms with van der Waals surface area (Å²) in [6.45, 7) is 1.72. The zero-order valence-corrected chi connectivity index (χ0v) is 13.6. The fraction of sp³-hybridized carbons (Fsp3) is 0.125. The minimum absolute atomic E-state index is 0.0661. The summed E-state index contributed by atoms with van der Waals surface area (Å²) in [5, 5.41) is 11.4. The molecule has 0 aromatic heterocycles. The first-order valence-electron chi connectivity index (χ1n) is 6.97. The summed E-state index contributed by atoms with van der Waals surface area (Å²) in [7, 11) is -3.78. The third-order valence-electron chi connectivity index (χ3n) is 3.16. The number of carbonyl (C=O) groups is 2. The molecular weight excluding hydrogens is 332 g/mol. The maximum atomic E-state index is 12.3. The number of carboxylic acid groups (broad SMARTS) is 1. The molecule has 0 spiro atoms. The van der Waals surface area contributed by atoms with Crippen molar-refractivity contribution in [3.05, 3.63) is 59.7 Å². The SMILES string of the molecule is CC(=O)NCc1ccc(S(=O)(=O)Nc2ccc(C(=O)O)cc2)cc1. The highest BCUT2D eigenvalue weighted by Gasteiger charge is 2.14. The van der Waals surface area contributed by atoms with E-state index in [2.05, 4.69) is 10.0 Å². The zero-order valence-electron chi connectivity index (χ0n) is 12.8. The lowest BCUT2D eigenvalue weighted by Gasteiger charge is -2.09. The van der Waals surface area contributed by atoms with Crippen molar-refractivity contribution in [1.29, 1.82) is 0 Å². The normalized spacial score (nSPS) is 10.9. The number of carboxylic acids is 1. The molecule has 3 N–H and O–H groups in total. The van der Waals surface area contributed by atoms with Crippen molar-refractivity contribution >= 4 is 27.6 Å². The maximum absolute atomic E-state index is 12.3. The van der Waals surface area contributed by atoms with Crippen molar-refractivity contribution in [1.82, 2.24) is 5.32 Å². The second-order valence-electron chi connectivity index (χ2n) is 5.04. The summed E-state index contributed by atoms with van der Waals surface area (Å²) in [6, 6.07) is 11.5. The zero-order chi connectivity index (χ0) is 17.7. The molecule has 2 aromatic carbocycles. The van der Waals surface area contributed by atoms with Gasteiger partial charge in [-0.3, -0.25) is 9.52 Å². The standard InChI is InChI=1S/C16H16N2O5S/c1-11(19)17-10-12-2-8-15(9-3-12)24(22,23)18-14-6-4-13(5-7-14)16(20)21/h2-9,18H,10H2,1H3,(H,17,19)(H,20,21). The smallest absolute Gasteiger partial charge is 0.335 e. The first-order chi connectivity index (χ1) is 11.3. The van der Waals surface area contributed by atoms with Gasteiger partial charge in [0.15, 0.2) is 0 Å². The van der Waals surface area contributed by atoms with E-state index in [0.29, 0.717) is 6.54 Å². The second-order valence-corrected chi connectivity index (χ2v) is 6.72. The van der Waals surface area contributed by atoms with Crippen LogP contribution in [-0.2, 0) is 21.4 Å². The first kappa shape index (κ1) is 17.5. The van der Waals surface area contributed by atoms with E-state index in [9.17, 15) is 18.0 Å². The van der Waals surface area contributed by atoms with Crippen molar-refractivity contribution in [3.63, 3.8) is 0 Å². The van der Waals surface area contributed by atoms with E-state index in [0.717, 1.165) is 5.56 Å². The summed E-state index contributed by atoms with van der Waals surface area (Å²) in [5.74, 6) is -1.25. The summed E-state index contributed by atoms with van der Waals surface area (Å²) in [6.07, 6.45) is 0. The number of rotatable bonds is 6. The number of carbonyl (C=O) groups excluding carboxylic acids is 1. The molecule has 0 saturated carbocycles. The molecule has 0 atom stereocenters. The van der Waals surface area contributed by atoms with Crippen LogP contribution in [0.15, 0.2) is 53.4 Å². The molecule has 7 nitrogen and oxygen atoms in total. The van der Waals surface area contributed by atoms with Crippen molar-refractivity contribution in [2.45, 2.75) is 18.4 Å². The van der Waals surface area contributed by atoms with E-state index >= 15 is 0 Å². The van der Waals surface area contributed by atoms with Gasteiger partial charge in [0.2, 0.25) is 5.91 Å². The van der Waals surface area contributed by atoms with Gasteiger partial charge in [0, 0.05) is 19.2 Å². The number of hydrogen-bond acceptors (Lipinski definition) is 4. The average molecular weight is 348 g/mol. The lowest BCUT2D eigenvalue weighted by molar-refractivity contribution is -0.119. The Bertz CT molecular complexity index is 843. The minimum atomic E-state index is -3.78. The Morgan fingerprint density at radius 1 is 1.00 bits per heavy atom. The molecule has 0 aliphatic carbocycles. The van der Waals surface area contributed by atoms with Gasteiger partial charge in [-0.1, -0.05) is 12.1 Å². The highest BCUT2D eigenvalue weighted by Crippen LogP contribution is 2.17. The van der Waals surface area contributed by atoms with Crippen LogP contribution in [0.5, 0.6) is 0 Å². The number of nitrogens with one attached hydrogen (secondary N) is 2. The molecule has 0 bridgehead atoms.